The number of aliphatic hydroxyl groups is 1. The zero-order valence-electron chi connectivity index (χ0n) is 18.1. The van der Waals surface area contributed by atoms with E-state index in [1.54, 1.807) is 11.3 Å². The number of benzene rings is 2. The molecule has 168 valence electrons. The average Bonchev–Trinajstić information content (AvgIpc) is 3.48. The second-order valence-corrected chi connectivity index (χ2v) is 8.97. The van der Waals surface area contributed by atoms with Gasteiger partial charge in [0, 0.05) is 38.3 Å². The van der Waals surface area contributed by atoms with Crippen molar-refractivity contribution in [3.63, 3.8) is 0 Å². The Labute approximate surface area is 196 Å². The molecule has 0 bridgehead atoms. The zero-order chi connectivity index (χ0) is 22.6. The van der Waals surface area contributed by atoms with Gasteiger partial charge in [0.15, 0.2) is 5.58 Å². The lowest BCUT2D eigenvalue weighted by Crippen LogP contribution is -2.49. The number of nitriles is 1. The highest BCUT2D eigenvalue weighted by Gasteiger charge is 2.21. The molecule has 1 fully saturated rings. The summed E-state index contributed by atoms with van der Waals surface area (Å²) in [4.78, 5) is 4.47. The first-order valence-electron chi connectivity index (χ1n) is 10.9. The van der Waals surface area contributed by atoms with Crippen LogP contribution in [0.1, 0.15) is 5.56 Å². The number of anilines is 1. The summed E-state index contributed by atoms with van der Waals surface area (Å²) in [5.74, 6) is 0.692. The smallest absolute Gasteiger partial charge is 0.178 e. The minimum absolute atomic E-state index is 0.216. The van der Waals surface area contributed by atoms with Crippen LogP contribution < -0.4 is 9.64 Å². The third kappa shape index (κ3) is 4.71. The fraction of sp³-hybridized carbons (Fsp3) is 0.280. The largest absolute Gasteiger partial charge is 0.491 e. The highest BCUT2D eigenvalue weighted by atomic mass is 32.1. The van der Waals surface area contributed by atoms with Crippen molar-refractivity contribution >= 4 is 27.3 Å². The molecular weight excluding hydrogens is 436 g/mol. The quantitative estimate of drug-likeness (QED) is 0.446. The molecule has 0 amide bonds. The minimum atomic E-state index is -0.595. The van der Waals surface area contributed by atoms with Crippen LogP contribution >= 0.6 is 11.3 Å². The lowest BCUT2D eigenvalue weighted by atomic mass is 10.1. The normalized spacial score (nSPS) is 15.5. The molecule has 5 rings (SSSR count). The van der Waals surface area contributed by atoms with E-state index in [4.69, 9.17) is 9.26 Å². The van der Waals surface area contributed by atoms with E-state index in [1.807, 2.05) is 60.0 Å². The molecule has 1 unspecified atom stereocenters. The number of rotatable bonds is 7. The van der Waals surface area contributed by atoms with Crippen LogP contribution in [0.4, 0.5) is 5.69 Å². The Morgan fingerprint density at radius 2 is 1.97 bits per heavy atom. The minimum Gasteiger partial charge on any atom is -0.491 e. The third-order valence-electron chi connectivity index (χ3n) is 5.84. The Hall–Kier alpha value is -3.38. The maximum absolute atomic E-state index is 10.5. The Balaban J connectivity index is 1.13. The molecule has 1 aliphatic heterocycles. The maximum atomic E-state index is 10.5. The molecule has 0 aliphatic carbocycles. The van der Waals surface area contributed by atoms with Crippen LogP contribution in [0.5, 0.6) is 5.75 Å². The third-order valence-corrected chi connectivity index (χ3v) is 6.74. The Morgan fingerprint density at radius 3 is 2.82 bits per heavy atom. The summed E-state index contributed by atoms with van der Waals surface area (Å²) in [6.07, 6.45) is -0.595. The number of aromatic nitrogens is 1. The standard InChI is InChI=1S/C25H24N4O3S/c26-15-19-4-1-2-7-22(19)29-11-9-28(10-12-29)16-20(30)17-31-21-6-3-5-18(14-21)24-25-23(32-27-24)8-13-33-25/h1-8,13-14,20,30H,9-12,16-17H2. The molecule has 33 heavy (non-hydrogen) atoms. The van der Waals surface area contributed by atoms with Gasteiger partial charge in [-0.05, 0) is 35.7 Å². The van der Waals surface area contributed by atoms with Gasteiger partial charge in [0.1, 0.15) is 34.9 Å². The molecule has 3 heterocycles. The molecule has 8 heteroatoms. The van der Waals surface area contributed by atoms with Crippen molar-refractivity contribution in [2.45, 2.75) is 6.10 Å². The van der Waals surface area contributed by atoms with E-state index in [0.717, 1.165) is 53.4 Å². The number of ether oxygens (including phenoxy) is 1. The second-order valence-electron chi connectivity index (χ2n) is 8.05. The van der Waals surface area contributed by atoms with Crippen molar-refractivity contribution in [1.29, 1.82) is 5.26 Å². The van der Waals surface area contributed by atoms with Crippen molar-refractivity contribution in [3.05, 3.63) is 65.5 Å². The first-order valence-corrected chi connectivity index (χ1v) is 11.8. The summed E-state index contributed by atoms with van der Waals surface area (Å²) in [5, 5.41) is 26.0. The topological polar surface area (TPSA) is 85.8 Å². The monoisotopic (exact) mass is 460 g/mol. The van der Waals surface area contributed by atoms with Crippen LogP contribution in [-0.2, 0) is 0 Å². The summed E-state index contributed by atoms with van der Waals surface area (Å²) in [6, 6.07) is 19.6. The van der Waals surface area contributed by atoms with Gasteiger partial charge in [0.25, 0.3) is 0 Å². The fourth-order valence-corrected chi connectivity index (χ4v) is 4.97. The van der Waals surface area contributed by atoms with Crippen molar-refractivity contribution < 1.29 is 14.4 Å². The van der Waals surface area contributed by atoms with Gasteiger partial charge in [0.05, 0.1) is 11.3 Å². The second kappa shape index (κ2) is 9.63. The highest BCUT2D eigenvalue weighted by Crippen LogP contribution is 2.33. The number of fused-ring (bicyclic) bond motifs is 1. The summed E-state index contributed by atoms with van der Waals surface area (Å²) < 4.78 is 12.3. The van der Waals surface area contributed by atoms with Crippen LogP contribution in [0.2, 0.25) is 0 Å². The lowest BCUT2D eigenvalue weighted by Gasteiger charge is -2.37. The molecule has 0 saturated carbocycles. The molecule has 1 N–H and O–H groups in total. The maximum Gasteiger partial charge on any atom is 0.178 e. The number of β-amino-alcohol motifs (C(OH)–C–C–N with tert-alkyl or cyclic N) is 1. The molecule has 0 radical (unpaired) electrons. The average molecular weight is 461 g/mol. The highest BCUT2D eigenvalue weighted by molar-refractivity contribution is 7.17. The van der Waals surface area contributed by atoms with Crippen molar-refractivity contribution in [1.82, 2.24) is 10.1 Å². The van der Waals surface area contributed by atoms with Crippen LogP contribution in [0, 0.1) is 11.3 Å². The van der Waals surface area contributed by atoms with E-state index < -0.39 is 6.10 Å². The van der Waals surface area contributed by atoms with Crippen LogP contribution in [-0.4, -0.2) is 60.6 Å². The van der Waals surface area contributed by atoms with Crippen molar-refractivity contribution in [2.75, 3.05) is 44.2 Å². The van der Waals surface area contributed by atoms with E-state index in [2.05, 4.69) is 21.0 Å². The number of piperazine rings is 1. The van der Waals surface area contributed by atoms with E-state index in [1.165, 1.54) is 0 Å². The SMILES string of the molecule is N#Cc1ccccc1N1CCN(CC(O)COc2cccc(-c3noc4ccsc34)c2)CC1. The van der Waals surface area contributed by atoms with E-state index in [9.17, 15) is 10.4 Å². The first-order chi connectivity index (χ1) is 16.2. The number of thiophene rings is 1. The fourth-order valence-electron chi connectivity index (χ4n) is 4.15. The molecule has 2 aromatic carbocycles. The Bertz CT molecular complexity index is 1270. The zero-order valence-corrected chi connectivity index (χ0v) is 18.9. The molecule has 0 spiro atoms. The number of hydrogen-bond donors (Lipinski definition) is 1. The van der Waals surface area contributed by atoms with Gasteiger partial charge >= 0.3 is 0 Å². The molecule has 2 aromatic heterocycles. The van der Waals surface area contributed by atoms with Crippen LogP contribution in [0.3, 0.4) is 0 Å². The van der Waals surface area contributed by atoms with Gasteiger partial charge < -0.3 is 19.3 Å². The van der Waals surface area contributed by atoms with Crippen molar-refractivity contribution in [2.24, 2.45) is 0 Å². The Kier molecular flexibility index (Phi) is 6.26. The number of para-hydroxylation sites is 1. The number of hydrogen-bond acceptors (Lipinski definition) is 8. The molecule has 4 aromatic rings. The van der Waals surface area contributed by atoms with Crippen molar-refractivity contribution in [3.8, 4) is 23.1 Å². The molecular formula is C25H24N4O3S. The molecule has 1 atom stereocenters. The van der Waals surface area contributed by atoms with Gasteiger partial charge in [-0.1, -0.05) is 29.4 Å². The van der Waals surface area contributed by atoms with E-state index in [0.29, 0.717) is 17.9 Å². The van der Waals surface area contributed by atoms with Gasteiger partial charge in [-0.3, -0.25) is 4.90 Å². The predicted molar refractivity (Wildman–Crippen MR) is 129 cm³/mol. The van der Waals surface area contributed by atoms with Gasteiger partial charge in [-0.15, -0.1) is 11.3 Å². The first kappa shape index (κ1) is 21.5. The van der Waals surface area contributed by atoms with Gasteiger partial charge in [0.2, 0.25) is 0 Å². The molecule has 1 aliphatic rings. The summed E-state index contributed by atoms with van der Waals surface area (Å²) >= 11 is 1.60. The number of nitrogens with zero attached hydrogens (tertiary/aromatic N) is 4. The van der Waals surface area contributed by atoms with Crippen LogP contribution in [0.15, 0.2) is 64.5 Å². The lowest BCUT2D eigenvalue weighted by molar-refractivity contribution is 0.0663. The molecule has 1 saturated heterocycles. The summed E-state index contributed by atoms with van der Waals surface area (Å²) in [6.45, 7) is 4.07. The van der Waals surface area contributed by atoms with Gasteiger partial charge in [-0.25, -0.2) is 0 Å². The van der Waals surface area contributed by atoms with Crippen LogP contribution in [0.25, 0.3) is 21.5 Å². The van der Waals surface area contributed by atoms with Gasteiger partial charge in [-0.2, -0.15) is 5.26 Å². The summed E-state index contributed by atoms with van der Waals surface area (Å²) in [5.41, 5.74) is 4.20. The Morgan fingerprint density at radius 1 is 1.12 bits per heavy atom. The van der Waals surface area contributed by atoms with E-state index >= 15 is 0 Å². The number of aliphatic hydroxyl groups excluding tert-OH is 1. The van der Waals surface area contributed by atoms with E-state index in [-0.39, 0.29) is 6.61 Å². The predicted octanol–water partition coefficient (Wildman–Crippen LogP) is 3.99. The summed E-state index contributed by atoms with van der Waals surface area (Å²) in [7, 11) is 0. The molecule has 7 nitrogen and oxygen atoms in total.